The fourth-order valence-electron chi connectivity index (χ4n) is 1.92. The molecule has 1 aromatic carbocycles. The smallest absolute Gasteiger partial charge is 0.335 e. The van der Waals surface area contributed by atoms with E-state index in [1.807, 2.05) is 18.0 Å². The predicted molar refractivity (Wildman–Crippen MR) is 81.0 cm³/mol. The highest BCUT2D eigenvalue weighted by atomic mass is 16.4. The van der Waals surface area contributed by atoms with Gasteiger partial charge in [-0.3, -0.25) is 9.69 Å². The van der Waals surface area contributed by atoms with Gasteiger partial charge < -0.3 is 10.4 Å². The molecule has 0 saturated heterocycles. The number of carboxylic acids is 1. The lowest BCUT2D eigenvalue weighted by atomic mass is 10.0. The second kappa shape index (κ2) is 8.08. The highest BCUT2D eigenvalue weighted by Gasteiger charge is 2.18. The minimum Gasteiger partial charge on any atom is -0.478 e. The first-order chi connectivity index (χ1) is 9.97. The summed E-state index contributed by atoms with van der Waals surface area (Å²) in [5, 5.41) is 11.8. The average molecular weight is 288 g/mol. The van der Waals surface area contributed by atoms with Gasteiger partial charge in [0.1, 0.15) is 0 Å². The number of benzene rings is 1. The molecule has 5 heteroatoms. The van der Waals surface area contributed by atoms with Crippen molar-refractivity contribution in [1.82, 2.24) is 10.2 Å². The van der Waals surface area contributed by atoms with Crippen LogP contribution in [0.15, 0.2) is 24.3 Å². The monoisotopic (exact) mass is 288 g/mol. The number of carboxylic acid groups (broad SMARTS) is 1. The summed E-state index contributed by atoms with van der Waals surface area (Å²) < 4.78 is 0. The molecule has 112 valence electrons. The Kier molecular flexibility index (Phi) is 6.44. The first kappa shape index (κ1) is 16.7. The number of terminal acetylenes is 1. The van der Waals surface area contributed by atoms with Crippen molar-refractivity contribution in [3.05, 3.63) is 35.4 Å². The van der Waals surface area contributed by atoms with Gasteiger partial charge in [0.05, 0.1) is 18.2 Å². The van der Waals surface area contributed by atoms with E-state index in [-0.39, 0.29) is 18.5 Å². The zero-order chi connectivity index (χ0) is 15.8. The summed E-state index contributed by atoms with van der Waals surface area (Å²) >= 11 is 0. The molecule has 1 amide bonds. The molecule has 0 spiro atoms. The minimum absolute atomic E-state index is 0.137. The lowest BCUT2D eigenvalue weighted by molar-refractivity contribution is -0.125. The number of hydrogen-bond donors (Lipinski definition) is 2. The second-order valence-corrected chi connectivity index (χ2v) is 4.79. The van der Waals surface area contributed by atoms with Crippen molar-refractivity contribution in [2.24, 2.45) is 0 Å². The summed E-state index contributed by atoms with van der Waals surface area (Å²) in [7, 11) is 1.82. The van der Waals surface area contributed by atoms with Crippen molar-refractivity contribution in [3.63, 3.8) is 0 Å². The van der Waals surface area contributed by atoms with Gasteiger partial charge in [-0.05, 0) is 32.0 Å². The summed E-state index contributed by atoms with van der Waals surface area (Å²) in [5.74, 6) is 1.28. The number of likely N-dealkylation sites (N-methyl/N-ethyl adjacent to an activating group) is 1. The highest BCUT2D eigenvalue weighted by Crippen LogP contribution is 2.10. The molecule has 0 fully saturated rings. The van der Waals surface area contributed by atoms with Crippen LogP contribution in [-0.2, 0) is 11.2 Å². The van der Waals surface area contributed by atoms with E-state index in [0.29, 0.717) is 18.5 Å². The third kappa shape index (κ3) is 4.93. The Morgan fingerprint density at radius 3 is 2.71 bits per heavy atom. The van der Waals surface area contributed by atoms with Gasteiger partial charge in [-0.15, -0.1) is 6.42 Å². The lowest BCUT2D eigenvalue weighted by Crippen LogP contribution is -2.44. The Balaban J connectivity index is 2.61. The van der Waals surface area contributed by atoms with E-state index in [4.69, 9.17) is 11.5 Å². The van der Waals surface area contributed by atoms with Crippen molar-refractivity contribution < 1.29 is 14.7 Å². The number of amides is 1. The van der Waals surface area contributed by atoms with Crippen molar-refractivity contribution in [1.29, 1.82) is 0 Å². The molecule has 1 rings (SSSR count). The summed E-state index contributed by atoms with van der Waals surface area (Å²) in [6, 6.07) is 6.56. The standard InChI is InChI=1S/C16H20N2O3/c1-4-10-17-15(19)12(2)18(3)11-9-13-7-5-6-8-14(13)16(20)21/h1,5-8,12H,9-11H2,2-3H3,(H,17,19)(H,20,21). The molecule has 1 aromatic rings. The molecule has 1 atom stereocenters. The van der Waals surface area contributed by atoms with Crippen LogP contribution in [-0.4, -0.2) is 48.1 Å². The largest absolute Gasteiger partial charge is 0.478 e. The maximum Gasteiger partial charge on any atom is 0.335 e. The maximum atomic E-state index is 11.8. The Morgan fingerprint density at radius 1 is 1.43 bits per heavy atom. The van der Waals surface area contributed by atoms with E-state index < -0.39 is 5.97 Å². The molecule has 0 saturated carbocycles. The minimum atomic E-state index is -0.937. The number of carbonyl (C=O) groups excluding carboxylic acids is 1. The molecule has 1 unspecified atom stereocenters. The van der Waals surface area contributed by atoms with Crippen molar-refractivity contribution in [3.8, 4) is 12.3 Å². The van der Waals surface area contributed by atoms with Crippen molar-refractivity contribution >= 4 is 11.9 Å². The molecule has 2 N–H and O–H groups in total. The fourth-order valence-corrected chi connectivity index (χ4v) is 1.92. The third-order valence-corrected chi connectivity index (χ3v) is 3.39. The maximum absolute atomic E-state index is 11.8. The quantitative estimate of drug-likeness (QED) is 0.734. The number of nitrogens with zero attached hydrogens (tertiary/aromatic N) is 1. The molecule has 0 aromatic heterocycles. The van der Waals surface area contributed by atoms with Gasteiger partial charge in [0.2, 0.25) is 5.91 Å². The van der Waals surface area contributed by atoms with E-state index in [1.54, 1.807) is 25.1 Å². The van der Waals surface area contributed by atoms with Crippen LogP contribution in [0, 0.1) is 12.3 Å². The first-order valence-electron chi connectivity index (χ1n) is 6.70. The molecular formula is C16H20N2O3. The normalized spacial score (nSPS) is 11.7. The Labute approximate surface area is 125 Å². The topological polar surface area (TPSA) is 69.6 Å². The highest BCUT2D eigenvalue weighted by molar-refractivity contribution is 5.89. The van der Waals surface area contributed by atoms with E-state index in [2.05, 4.69) is 11.2 Å². The van der Waals surface area contributed by atoms with Crippen molar-refractivity contribution in [2.75, 3.05) is 20.1 Å². The Morgan fingerprint density at radius 2 is 2.10 bits per heavy atom. The van der Waals surface area contributed by atoms with Gasteiger partial charge >= 0.3 is 5.97 Å². The molecule has 5 nitrogen and oxygen atoms in total. The summed E-state index contributed by atoms with van der Waals surface area (Å²) in [6.45, 7) is 2.57. The SMILES string of the molecule is C#CCNC(=O)C(C)N(C)CCc1ccccc1C(=O)O. The molecular weight excluding hydrogens is 268 g/mol. The Hall–Kier alpha value is -2.32. The van der Waals surface area contributed by atoms with Crippen LogP contribution < -0.4 is 5.32 Å². The lowest BCUT2D eigenvalue weighted by Gasteiger charge is -2.23. The van der Waals surface area contributed by atoms with Gasteiger partial charge in [0, 0.05) is 6.54 Å². The fraction of sp³-hybridized carbons (Fsp3) is 0.375. The number of hydrogen-bond acceptors (Lipinski definition) is 3. The molecule has 0 aliphatic rings. The van der Waals surface area contributed by atoms with E-state index in [1.165, 1.54) is 0 Å². The van der Waals surface area contributed by atoms with Crippen LogP contribution in [0.1, 0.15) is 22.8 Å². The molecule has 0 bridgehead atoms. The van der Waals surface area contributed by atoms with Crippen molar-refractivity contribution in [2.45, 2.75) is 19.4 Å². The molecule has 0 aliphatic carbocycles. The van der Waals surface area contributed by atoms with Gasteiger partial charge in [-0.25, -0.2) is 4.79 Å². The summed E-state index contributed by atoms with van der Waals surface area (Å²) in [6.07, 6.45) is 5.66. The molecule has 0 heterocycles. The zero-order valence-corrected chi connectivity index (χ0v) is 12.3. The average Bonchev–Trinajstić information content (AvgIpc) is 2.49. The van der Waals surface area contributed by atoms with Crippen LogP contribution in [0.4, 0.5) is 0 Å². The number of carbonyl (C=O) groups is 2. The number of aromatic carboxylic acids is 1. The number of nitrogens with one attached hydrogen (secondary N) is 1. The van der Waals surface area contributed by atoms with Crippen LogP contribution in [0.5, 0.6) is 0 Å². The van der Waals surface area contributed by atoms with E-state index in [0.717, 1.165) is 5.56 Å². The van der Waals surface area contributed by atoms with E-state index >= 15 is 0 Å². The van der Waals surface area contributed by atoms with Gasteiger partial charge in [0.15, 0.2) is 0 Å². The van der Waals surface area contributed by atoms with Crippen LogP contribution in [0.2, 0.25) is 0 Å². The molecule has 0 radical (unpaired) electrons. The number of rotatable bonds is 7. The predicted octanol–water partition coefficient (Wildman–Crippen LogP) is 0.997. The van der Waals surface area contributed by atoms with Gasteiger partial charge in [-0.2, -0.15) is 0 Å². The first-order valence-corrected chi connectivity index (χ1v) is 6.70. The van der Waals surface area contributed by atoms with Gasteiger partial charge in [0.25, 0.3) is 0 Å². The summed E-state index contributed by atoms with van der Waals surface area (Å²) in [4.78, 5) is 24.8. The van der Waals surface area contributed by atoms with Crippen LogP contribution in [0.25, 0.3) is 0 Å². The van der Waals surface area contributed by atoms with Crippen LogP contribution in [0.3, 0.4) is 0 Å². The Bertz CT molecular complexity index is 549. The third-order valence-electron chi connectivity index (χ3n) is 3.39. The molecule has 21 heavy (non-hydrogen) atoms. The molecule has 0 aliphatic heterocycles. The van der Waals surface area contributed by atoms with Crippen LogP contribution >= 0.6 is 0 Å². The summed E-state index contributed by atoms with van der Waals surface area (Å²) in [5.41, 5.74) is 1.06. The van der Waals surface area contributed by atoms with Gasteiger partial charge in [-0.1, -0.05) is 24.1 Å². The van der Waals surface area contributed by atoms with E-state index in [9.17, 15) is 9.59 Å². The second-order valence-electron chi connectivity index (χ2n) is 4.79. The zero-order valence-electron chi connectivity index (χ0n) is 12.3.